The van der Waals surface area contributed by atoms with E-state index < -0.39 is 0 Å². The van der Waals surface area contributed by atoms with E-state index in [2.05, 4.69) is 32.9 Å². The second-order valence-electron chi connectivity index (χ2n) is 4.66. The molecule has 0 bridgehead atoms. The first-order valence-electron chi connectivity index (χ1n) is 6.57. The SMILES string of the molecule is CCc1ccc(Cc2nc(Cl)nc(OC(C)C)n2)nc1. The highest BCUT2D eigenvalue weighted by molar-refractivity contribution is 6.28. The number of ether oxygens (including phenoxy) is 1. The fraction of sp³-hybridized carbons (Fsp3) is 0.429. The number of nitrogens with zero attached hydrogens (tertiary/aromatic N) is 4. The first-order chi connectivity index (χ1) is 9.56. The monoisotopic (exact) mass is 292 g/mol. The molecule has 0 saturated heterocycles. The topological polar surface area (TPSA) is 60.8 Å². The predicted octanol–water partition coefficient (Wildman–Crippen LogP) is 2.86. The third-order valence-corrected chi connectivity index (χ3v) is 2.78. The van der Waals surface area contributed by atoms with Crippen LogP contribution < -0.4 is 4.74 Å². The Kier molecular flexibility index (Phi) is 4.84. The molecular formula is C14H17ClN4O. The minimum absolute atomic E-state index is 0.0109. The lowest BCUT2D eigenvalue weighted by Crippen LogP contribution is -2.11. The molecule has 0 aromatic carbocycles. The van der Waals surface area contributed by atoms with Gasteiger partial charge in [0.1, 0.15) is 5.82 Å². The van der Waals surface area contributed by atoms with Gasteiger partial charge in [-0.05, 0) is 43.5 Å². The molecule has 2 aromatic heterocycles. The summed E-state index contributed by atoms with van der Waals surface area (Å²) in [5.74, 6) is 0.553. The Morgan fingerprint density at radius 2 is 2.00 bits per heavy atom. The van der Waals surface area contributed by atoms with Crippen LogP contribution in [-0.2, 0) is 12.8 Å². The van der Waals surface area contributed by atoms with E-state index in [9.17, 15) is 0 Å². The maximum Gasteiger partial charge on any atom is 0.321 e. The molecule has 0 fully saturated rings. The summed E-state index contributed by atoms with van der Waals surface area (Å²) in [6, 6.07) is 4.27. The zero-order chi connectivity index (χ0) is 14.5. The standard InChI is InChI=1S/C14H17ClN4O/c1-4-10-5-6-11(16-8-10)7-12-17-13(15)19-14(18-12)20-9(2)3/h5-6,8-9H,4,7H2,1-3H3. The number of aromatic nitrogens is 4. The van der Waals surface area contributed by atoms with Crippen molar-refractivity contribution >= 4 is 11.6 Å². The minimum Gasteiger partial charge on any atom is -0.461 e. The third kappa shape index (κ3) is 4.13. The van der Waals surface area contributed by atoms with Crippen molar-refractivity contribution in [1.82, 2.24) is 19.9 Å². The lowest BCUT2D eigenvalue weighted by molar-refractivity contribution is 0.220. The Hall–Kier alpha value is -1.75. The van der Waals surface area contributed by atoms with Gasteiger partial charge in [-0.3, -0.25) is 4.98 Å². The lowest BCUT2D eigenvalue weighted by atomic mass is 10.2. The summed E-state index contributed by atoms with van der Waals surface area (Å²) in [6.07, 6.45) is 3.32. The van der Waals surface area contributed by atoms with E-state index in [1.165, 1.54) is 5.56 Å². The number of hydrogen-bond donors (Lipinski definition) is 0. The first-order valence-corrected chi connectivity index (χ1v) is 6.95. The van der Waals surface area contributed by atoms with Gasteiger partial charge in [0.25, 0.3) is 0 Å². The number of aryl methyl sites for hydroxylation is 1. The Morgan fingerprint density at radius 1 is 1.20 bits per heavy atom. The van der Waals surface area contributed by atoms with Gasteiger partial charge >= 0.3 is 6.01 Å². The van der Waals surface area contributed by atoms with Crippen molar-refractivity contribution in [2.24, 2.45) is 0 Å². The van der Waals surface area contributed by atoms with E-state index in [1.54, 1.807) is 0 Å². The zero-order valence-corrected chi connectivity index (χ0v) is 12.6. The molecule has 2 aromatic rings. The zero-order valence-electron chi connectivity index (χ0n) is 11.8. The molecule has 2 rings (SSSR count). The van der Waals surface area contributed by atoms with Crippen LogP contribution in [0.15, 0.2) is 18.3 Å². The van der Waals surface area contributed by atoms with Crippen LogP contribution >= 0.6 is 11.6 Å². The molecule has 0 aliphatic rings. The summed E-state index contributed by atoms with van der Waals surface area (Å²) < 4.78 is 5.44. The second-order valence-corrected chi connectivity index (χ2v) is 5.00. The number of rotatable bonds is 5. The van der Waals surface area contributed by atoms with Crippen molar-refractivity contribution in [3.8, 4) is 6.01 Å². The number of pyridine rings is 1. The predicted molar refractivity (Wildman–Crippen MR) is 77.0 cm³/mol. The highest BCUT2D eigenvalue weighted by Crippen LogP contribution is 2.12. The van der Waals surface area contributed by atoms with E-state index in [0.29, 0.717) is 12.2 Å². The van der Waals surface area contributed by atoms with Crippen molar-refractivity contribution in [3.63, 3.8) is 0 Å². The molecule has 0 unspecified atom stereocenters. The van der Waals surface area contributed by atoms with Crippen LogP contribution in [0.3, 0.4) is 0 Å². The molecule has 0 amide bonds. The minimum atomic E-state index is -0.0109. The maximum absolute atomic E-state index is 5.88. The summed E-state index contributed by atoms with van der Waals surface area (Å²) >= 11 is 5.88. The molecule has 0 radical (unpaired) electrons. The van der Waals surface area contributed by atoms with Gasteiger partial charge in [-0.25, -0.2) is 4.98 Å². The van der Waals surface area contributed by atoms with Crippen molar-refractivity contribution in [1.29, 1.82) is 0 Å². The molecule has 0 aliphatic carbocycles. The van der Waals surface area contributed by atoms with Crippen molar-refractivity contribution in [2.45, 2.75) is 39.7 Å². The van der Waals surface area contributed by atoms with Crippen molar-refractivity contribution < 1.29 is 4.74 Å². The van der Waals surface area contributed by atoms with Gasteiger partial charge < -0.3 is 4.74 Å². The largest absolute Gasteiger partial charge is 0.461 e. The third-order valence-electron chi connectivity index (χ3n) is 2.61. The van der Waals surface area contributed by atoms with Crippen LogP contribution in [0.1, 0.15) is 37.9 Å². The van der Waals surface area contributed by atoms with Gasteiger partial charge in [-0.1, -0.05) is 13.0 Å². The summed E-state index contributed by atoms with van der Waals surface area (Å²) in [4.78, 5) is 16.7. The summed E-state index contributed by atoms with van der Waals surface area (Å²) in [5, 5.41) is 0.135. The van der Waals surface area contributed by atoms with Gasteiger partial charge in [-0.15, -0.1) is 0 Å². The second kappa shape index (κ2) is 6.61. The van der Waals surface area contributed by atoms with Gasteiger partial charge in [0.05, 0.1) is 12.5 Å². The number of hydrogen-bond acceptors (Lipinski definition) is 5. The lowest BCUT2D eigenvalue weighted by Gasteiger charge is -2.08. The normalized spacial score (nSPS) is 10.8. The van der Waals surface area contributed by atoms with Crippen LogP contribution in [0.2, 0.25) is 5.28 Å². The molecule has 5 nitrogen and oxygen atoms in total. The summed E-state index contributed by atoms with van der Waals surface area (Å²) in [5.41, 5.74) is 2.09. The average molecular weight is 293 g/mol. The molecule has 0 N–H and O–H groups in total. The van der Waals surface area contributed by atoms with Gasteiger partial charge in [-0.2, -0.15) is 9.97 Å². The van der Waals surface area contributed by atoms with Crippen LogP contribution in [0.5, 0.6) is 6.01 Å². The summed E-state index contributed by atoms with van der Waals surface area (Å²) in [6.45, 7) is 5.91. The van der Waals surface area contributed by atoms with Gasteiger partial charge in [0, 0.05) is 11.9 Å². The summed E-state index contributed by atoms with van der Waals surface area (Å²) in [7, 11) is 0. The fourth-order valence-corrected chi connectivity index (χ4v) is 1.81. The Morgan fingerprint density at radius 3 is 2.60 bits per heavy atom. The van der Waals surface area contributed by atoms with Crippen LogP contribution in [-0.4, -0.2) is 26.0 Å². The van der Waals surface area contributed by atoms with E-state index >= 15 is 0 Å². The molecule has 0 saturated carbocycles. The molecule has 2 heterocycles. The average Bonchev–Trinajstić information content (AvgIpc) is 2.38. The first kappa shape index (κ1) is 14.7. The highest BCUT2D eigenvalue weighted by atomic mass is 35.5. The smallest absolute Gasteiger partial charge is 0.321 e. The molecule has 106 valence electrons. The van der Waals surface area contributed by atoms with Crippen LogP contribution in [0.4, 0.5) is 0 Å². The van der Waals surface area contributed by atoms with E-state index in [4.69, 9.17) is 16.3 Å². The van der Waals surface area contributed by atoms with E-state index in [1.807, 2.05) is 26.1 Å². The van der Waals surface area contributed by atoms with E-state index in [0.717, 1.165) is 12.1 Å². The van der Waals surface area contributed by atoms with Crippen molar-refractivity contribution in [2.75, 3.05) is 0 Å². The Labute approximate surface area is 123 Å². The van der Waals surface area contributed by atoms with Gasteiger partial charge in [0.15, 0.2) is 0 Å². The van der Waals surface area contributed by atoms with Crippen molar-refractivity contribution in [3.05, 3.63) is 40.7 Å². The molecule has 6 heteroatoms. The molecule has 0 atom stereocenters. The highest BCUT2D eigenvalue weighted by Gasteiger charge is 2.09. The van der Waals surface area contributed by atoms with Crippen LogP contribution in [0, 0.1) is 0 Å². The maximum atomic E-state index is 5.88. The van der Waals surface area contributed by atoms with E-state index in [-0.39, 0.29) is 17.4 Å². The number of halogens is 1. The molecular weight excluding hydrogens is 276 g/mol. The molecule has 0 aliphatic heterocycles. The fourth-order valence-electron chi connectivity index (χ4n) is 1.64. The Bertz CT molecular complexity index is 572. The van der Waals surface area contributed by atoms with Crippen LogP contribution in [0.25, 0.3) is 0 Å². The Balaban J connectivity index is 2.17. The quantitative estimate of drug-likeness (QED) is 0.848. The molecule has 0 spiro atoms. The molecule has 20 heavy (non-hydrogen) atoms. The van der Waals surface area contributed by atoms with Gasteiger partial charge in [0.2, 0.25) is 5.28 Å².